The lowest BCUT2D eigenvalue weighted by molar-refractivity contribution is 1.33. The zero-order valence-electron chi connectivity index (χ0n) is 9.36. The van der Waals surface area contributed by atoms with Crippen LogP contribution in [0.5, 0.6) is 0 Å². The zero-order valence-corrected chi connectivity index (χ0v) is 10.2. The maximum Gasteiger partial charge on any atom is 0.249 e. The molecule has 0 aliphatic rings. The molecule has 1 N–H and O–H groups in total. The Morgan fingerprint density at radius 1 is 1.06 bits per heavy atom. The molecule has 0 atom stereocenters. The normalized spacial score (nSPS) is 10.9. The summed E-state index contributed by atoms with van der Waals surface area (Å²) in [5.41, 5.74) is 2.40. The summed E-state index contributed by atoms with van der Waals surface area (Å²) in [7, 11) is 0. The highest BCUT2D eigenvalue weighted by molar-refractivity contribution is 7.21. The maximum absolute atomic E-state index is 11.2. The Labute approximate surface area is 103 Å². The van der Waals surface area contributed by atoms with E-state index in [1.54, 1.807) is 17.4 Å². The van der Waals surface area contributed by atoms with Crippen molar-refractivity contribution in [1.82, 2.24) is 4.98 Å². The highest BCUT2D eigenvalue weighted by Gasteiger charge is 2.04. The van der Waals surface area contributed by atoms with Gasteiger partial charge >= 0.3 is 0 Å². The van der Waals surface area contributed by atoms with Crippen molar-refractivity contribution in [3.63, 3.8) is 0 Å². The molecule has 0 saturated heterocycles. The fourth-order valence-corrected chi connectivity index (χ4v) is 2.86. The molecule has 2 heterocycles. The van der Waals surface area contributed by atoms with Gasteiger partial charge in [-0.25, -0.2) is 0 Å². The van der Waals surface area contributed by atoms with Crippen LogP contribution in [0.1, 0.15) is 5.56 Å². The first-order valence-corrected chi connectivity index (χ1v) is 6.24. The number of H-pyrrole nitrogens is 1. The van der Waals surface area contributed by atoms with Crippen LogP contribution in [0.25, 0.3) is 20.7 Å². The van der Waals surface area contributed by atoms with E-state index >= 15 is 0 Å². The Hall–Kier alpha value is -1.87. The van der Waals surface area contributed by atoms with E-state index < -0.39 is 0 Å². The number of pyridine rings is 1. The standard InChI is InChI=1S/C14H11NOS/c1-9-2-4-10(5-3-9)12-8-11-6-7-13(16)15-14(11)17-12/h2-8H,1H3,(H,15,16). The van der Waals surface area contributed by atoms with Gasteiger partial charge < -0.3 is 4.98 Å². The molecule has 0 aliphatic carbocycles. The second-order valence-corrected chi connectivity index (χ2v) is 5.14. The largest absolute Gasteiger partial charge is 0.314 e. The average Bonchev–Trinajstić information content (AvgIpc) is 2.72. The highest BCUT2D eigenvalue weighted by atomic mass is 32.1. The molecule has 2 nitrogen and oxygen atoms in total. The third-order valence-corrected chi connectivity index (χ3v) is 3.86. The van der Waals surface area contributed by atoms with E-state index in [0.717, 1.165) is 10.2 Å². The van der Waals surface area contributed by atoms with Crippen molar-refractivity contribution < 1.29 is 0 Å². The predicted molar refractivity (Wildman–Crippen MR) is 72.6 cm³/mol. The molecule has 0 unspecified atom stereocenters. The molecule has 3 rings (SSSR count). The van der Waals surface area contributed by atoms with E-state index in [2.05, 4.69) is 42.2 Å². The van der Waals surface area contributed by atoms with Gasteiger partial charge in [-0.05, 0) is 24.6 Å². The Bertz CT molecular complexity index is 722. The molecule has 84 valence electrons. The van der Waals surface area contributed by atoms with E-state index in [-0.39, 0.29) is 5.56 Å². The molecule has 17 heavy (non-hydrogen) atoms. The number of benzene rings is 1. The maximum atomic E-state index is 11.2. The Morgan fingerprint density at radius 3 is 2.59 bits per heavy atom. The molecule has 0 fully saturated rings. The van der Waals surface area contributed by atoms with Gasteiger partial charge in [-0.2, -0.15) is 0 Å². The van der Waals surface area contributed by atoms with Crippen molar-refractivity contribution >= 4 is 21.6 Å². The van der Waals surface area contributed by atoms with Crippen molar-refractivity contribution in [2.24, 2.45) is 0 Å². The number of fused-ring (bicyclic) bond motifs is 1. The lowest BCUT2D eigenvalue weighted by Crippen LogP contribution is -2.00. The first-order chi connectivity index (χ1) is 8.22. The van der Waals surface area contributed by atoms with Gasteiger partial charge in [0.1, 0.15) is 4.83 Å². The van der Waals surface area contributed by atoms with Crippen molar-refractivity contribution in [2.75, 3.05) is 0 Å². The summed E-state index contributed by atoms with van der Waals surface area (Å²) in [6.45, 7) is 2.08. The summed E-state index contributed by atoms with van der Waals surface area (Å²) < 4.78 is 0. The number of rotatable bonds is 1. The molecule has 0 aliphatic heterocycles. The molecule has 3 aromatic rings. The average molecular weight is 241 g/mol. The number of aromatic nitrogens is 1. The Balaban J connectivity index is 2.17. The van der Waals surface area contributed by atoms with E-state index in [4.69, 9.17) is 0 Å². The van der Waals surface area contributed by atoms with Crippen LogP contribution in [0.4, 0.5) is 0 Å². The summed E-state index contributed by atoms with van der Waals surface area (Å²) in [6, 6.07) is 14.0. The summed E-state index contributed by atoms with van der Waals surface area (Å²) in [5, 5.41) is 1.09. The number of aromatic amines is 1. The van der Waals surface area contributed by atoms with Gasteiger partial charge in [0.05, 0.1) is 0 Å². The zero-order chi connectivity index (χ0) is 11.8. The van der Waals surface area contributed by atoms with Crippen LogP contribution in [0.15, 0.2) is 47.3 Å². The Morgan fingerprint density at radius 2 is 1.82 bits per heavy atom. The predicted octanol–water partition coefficient (Wildman–Crippen LogP) is 3.57. The molecule has 0 amide bonds. The van der Waals surface area contributed by atoms with E-state index in [9.17, 15) is 4.79 Å². The van der Waals surface area contributed by atoms with Gasteiger partial charge in [0.25, 0.3) is 0 Å². The van der Waals surface area contributed by atoms with Crippen molar-refractivity contribution in [3.05, 3.63) is 58.4 Å². The number of hydrogen-bond donors (Lipinski definition) is 1. The minimum Gasteiger partial charge on any atom is -0.314 e. The molecule has 0 saturated carbocycles. The first-order valence-electron chi connectivity index (χ1n) is 5.42. The molecule has 3 heteroatoms. The second-order valence-electron chi connectivity index (χ2n) is 4.08. The molecule has 2 aromatic heterocycles. The van der Waals surface area contributed by atoms with Crippen LogP contribution >= 0.6 is 11.3 Å². The lowest BCUT2D eigenvalue weighted by Gasteiger charge is -1.96. The van der Waals surface area contributed by atoms with Crippen molar-refractivity contribution in [1.29, 1.82) is 0 Å². The van der Waals surface area contributed by atoms with Crippen LogP contribution in [0.2, 0.25) is 0 Å². The number of aryl methyl sites for hydroxylation is 1. The van der Waals surface area contributed by atoms with E-state index in [1.165, 1.54) is 16.0 Å². The summed E-state index contributed by atoms with van der Waals surface area (Å²) in [4.78, 5) is 16.2. The van der Waals surface area contributed by atoms with Gasteiger partial charge in [-0.1, -0.05) is 29.8 Å². The topological polar surface area (TPSA) is 32.9 Å². The van der Waals surface area contributed by atoms with Crippen LogP contribution in [-0.4, -0.2) is 4.98 Å². The summed E-state index contributed by atoms with van der Waals surface area (Å²) >= 11 is 1.61. The third-order valence-electron chi connectivity index (χ3n) is 2.75. The number of thiophene rings is 1. The van der Waals surface area contributed by atoms with Gasteiger partial charge in [0, 0.05) is 16.3 Å². The van der Waals surface area contributed by atoms with Crippen LogP contribution in [0.3, 0.4) is 0 Å². The fraction of sp³-hybridized carbons (Fsp3) is 0.0714. The Kier molecular flexibility index (Phi) is 2.34. The summed E-state index contributed by atoms with van der Waals surface area (Å²) in [5.74, 6) is 0. The van der Waals surface area contributed by atoms with Crippen LogP contribution in [-0.2, 0) is 0 Å². The van der Waals surface area contributed by atoms with Gasteiger partial charge in [0.15, 0.2) is 0 Å². The monoisotopic (exact) mass is 241 g/mol. The smallest absolute Gasteiger partial charge is 0.249 e. The van der Waals surface area contributed by atoms with Gasteiger partial charge in [-0.15, -0.1) is 11.3 Å². The van der Waals surface area contributed by atoms with Gasteiger partial charge in [0.2, 0.25) is 5.56 Å². The molecule has 0 radical (unpaired) electrons. The minimum atomic E-state index is -0.0465. The number of hydrogen-bond acceptors (Lipinski definition) is 2. The molecule has 0 spiro atoms. The first kappa shape index (κ1) is 10.3. The minimum absolute atomic E-state index is 0.0465. The second kappa shape index (κ2) is 3.86. The van der Waals surface area contributed by atoms with E-state index in [1.807, 2.05) is 6.07 Å². The summed E-state index contributed by atoms with van der Waals surface area (Å²) in [6.07, 6.45) is 0. The van der Waals surface area contributed by atoms with Crippen molar-refractivity contribution in [3.8, 4) is 10.4 Å². The molecular formula is C14H11NOS. The SMILES string of the molecule is Cc1ccc(-c2cc3ccc(=O)[nH]c3s2)cc1. The highest BCUT2D eigenvalue weighted by Crippen LogP contribution is 2.31. The molecule has 0 bridgehead atoms. The van der Waals surface area contributed by atoms with Crippen LogP contribution < -0.4 is 5.56 Å². The van der Waals surface area contributed by atoms with Gasteiger partial charge in [-0.3, -0.25) is 4.79 Å². The van der Waals surface area contributed by atoms with Crippen molar-refractivity contribution in [2.45, 2.75) is 6.92 Å². The quantitative estimate of drug-likeness (QED) is 0.694. The fourth-order valence-electron chi connectivity index (χ4n) is 1.81. The number of nitrogens with one attached hydrogen (secondary N) is 1. The molecule has 1 aromatic carbocycles. The molecular weight excluding hydrogens is 230 g/mol. The lowest BCUT2D eigenvalue weighted by atomic mass is 10.1. The van der Waals surface area contributed by atoms with E-state index in [0.29, 0.717) is 0 Å². The third kappa shape index (κ3) is 1.89. The van der Waals surface area contributed by atoms with Crippen LogP contribution in [0, 0.1) is 6.92 Å².